The SMILES string of the molecule is CC(=O)c1cccc(NC(=O)NCCn2ncnn2)c1. The van der Waals surface area contributed by atoms with Crippen molar-refractivity contribution in [2.45, 2.75) is 13.5 Å². The van der Waals surface area contributed by atoms with Crippen LogP contribution in [0.2, 0.25) is 0 Å². The molecule has 0 aliphatic rings. The maximum absolute atomic E-state index is 11.6. The third-order valence-electron chi connectivity index (χ3n) is 2.52. The fourth-order valence-corrected chi connectivity index (χ4v) is 1.55. The molecule has 2 N–H and O–H groups in total. The number of ketones is 1. The first-order valence-electron chi connectivity index (χ1n) is 6.02. The van der Waals surface area contributed by atoms with E-state index < -0.39 is 0 Å². The highest BCUT2D eigenvalue weighted by atomic mass is 16.2. The summed E-state index contributed by atoms with van der Waals surface area (Å²) in [4.78, 5) is 24.3. The van der Waals surface area contributed by atoms with Gasteiger partial charge in [-0.25, -0.2) is 4.79 Å². The number of urea groups is 1. The van der Waals surface area contributed by atoms with Crippen molar-refractivity contribution in [2.24, 2.45) is 0 Å². The average Bonchev–Trinajstić information content (AvgIpc) is 2.92. The van der Waals surface area contributed by atoms with Gasteiger partial charge >= 0.3 is 6.03 Å². The van der Waals surface area contributed by atoms with E-state index in [1.807, 2.05) is 0 Å². The van der Waals surface area contributed by atoms with Gasteiger partial charge in [-0.05, 0) is 24.3 Å². The number of carbonyl (C=O) groups excluding carboxylic acids is 2. The minimum Gasteiger partial charge on any atom is -0.336 e. The van der Waals surface area contributed by atoms with E-state index in [1.54, 1.807) is 24.3 Å². The number of carbonyl (C=O) groups is 2. The van der Waals surface area contributed by atoms with Gasteiger partial charge in [-0.3, -0.25) is 4.79 Å². The van der Waals surface area contributed by atoms with Gasteiger partial charge < -0.3 is 10.6 Å². The van der Waals surface area contributed by atoms with E-state index in [1.165, 1.54) is 18.0 Å². The molecule has 2 rings (SSSR count). The molecule has 8 heteroatoms. The lowest BCUT2D eigenvalue weighted by atomic mass is 10.1. The molecular formula is C12H14N6O2. The van der Waals surface area contributed by atoms with E-state index in [2.05, 4.69) is 26.0 Å². The maximum atomic E-state index is 11.6. The van der Waals surface area contributed by atoms with Gasteiger partial charge in [0.2, 0.25) is 0 Å². The Morgan fingerprint density at radius 1 is 1.35 bits per heavy atom. The molecule has 8 nitrogen and oxygen atoms in total. The number of aromatic nitrogens is 4. The highest BCUT2D eigenvalue weighted by Crippen LogP contribution is 2.10. The Hall–Kier alpha value is -2.77. The number of benzene rings is 1. The first-order valence-corrected chi connectivity index (χ1v) is 6.02. The Morgan fingerprint density at radius 2 is 2.20 bits per heavy atom. The van der Waals surface area contributed by atoms with E-state index >= 15 is 0 Å². The first kappa shape index (κ1) is 13.7. The second-order valence-electron chi connectivity index (χ2n) is 4.05. The number of amides is 2. The molecule has 1 aromatic heterocycles. The number of hydrogen-bond donors (Lipinski definition) is 2. The maximum Gasteiger partial charge on any atom is 0.319 e. The molecule has 0 atom stereocenters. The monoisotopic (exact) mass is 274 g/mol. The highest BCUT2D eigenvalue weighted by Gasteiger charge is 2.04. The summed E-state index contributed by atoms with van der Waals surface area (Å²) in [5, 5.41) is 16.3. The Morgan fingerprint density at radius 3 is 2.90 bits per heavy atom. The van der Waals surface area contributed by atoms with Crippen molar-refractivity contribution in [1.82, 2.24) is 25.5 Å². The summed E-state index contributed by atoms with van der Waals surface area (Å²) in [6, 6.07) is 6.39. The van der Waals surface area contributed by atoms with Gasteiger partial charge in [0.25, 0.3) is 0 Å². The average molecular weight is 274 g/mol. The second kappa shape index (κ2) is 6.41. The summed E-state index contributed by atoms with van der Waals surface area (Å²) in [6.07, 6.45) is 1.33. The lowest BCUT2D eigenvalue weighted by Gasteiger charge is -2.07. The lowest BCUT2D eigenvalue weighted by molar-refractivity contribution is 0.101. The van der Waals surface area contributed by atoms with Crippen molar-refractivity contribution < 1.29 is 9.59 Å². The zero-order valence-electron chi connectivity index (χ0n) is 10.9. The molecule has 2 aromatic rings. The van der Waals surface area contributed by atoms with Crippen molar-refractivity contribution in [3.8, 4) is 0 Å². The third kappa shape index (κ3) is 3.87. The molecule has 0 aliphatic heterocycles. The number of anilines is 1. The van der Waals surface area contributed by atoms with Crippen molar-refractivity contribution in [2.75, 3.05) is 11.9 Å². The molecule has 2 amide bonds. The molecule has 0 fully saturated rings. The number of tetrazole rings is 1. The summed E-state index contributed by atoms with van der Waals surface area (Å²) in [7, 11) is 0. The Balaban J connectivity index is 1.82. The molecule has 20 heavy (non-hydrogen) atoms. The molecule has 0 bridgehead atoms. The third-order valence-corrected chi connectivity index (χ3v) is 2.52. The van der Waals surface area contributed by atoms with Crippen molar-refractivity contribution >= 4 is 17.5 Å². The smallest absolute Gasteiger partial charge is 0.319 e. The molecule has 0 spiro atoms. The fraction of sp³-hybridized carbons (Fsp3) is 0.250. The molecule has 0 saturated heterocycles. The molecule has 0 aliphatic carbocycles. The van der Waals surface area contributed by atoms with Gasteiger partial charge in [-0.15, -0.1) is 10.2 Å². The van der Waals surface area contributed by atoms with Gasteiger partial charge in [-0.1, -0.05) is 12.1 Å². The van der Waals surface area contributed by atoms with Crippen molar-refractivity contribution in [3.05, 3.63) is 36.2 Å². The van der Waals surface area contributed by atoms with E-state index in [0.717, 1.165) is 0 Å². The molecule has 0 saturated carbocycles. The lowest BCUT2D eigenvalue weighted by Crippen LogP contribution is -2.31. The molecule has 0 radical (unpaired) electrons. The van der Waals surface area contributed by atoms with Gasteiger partial charge in [0.05, 0.1) is 6.54 Å². The summed E-state index contributed by atoms with van der Waals surface area (Å²) >= 11 is 0. The van der Waals surface area contributed by atoms with Crippen molar-refractivity contribution in [1.29, 1.82) is 0 Å². The van der Waals surface area contributed by atoms with Crippen LogP contribution in [0.4, 0.5) is 10.5 Å². The number of hydrogen-bond acceptors (Lipinski definition) is 5. The number of nitrogens with zero attached hydrogens (tertiary/aromatic N) is 4. The Bertz CT molecular complexity index is 596. The van der Waals surface area contributed by atoms with Gasteiger partial charge in [0, 0.05) is 17.8 Å². The van der Waals surface area contributed by atoms with E-state index in [-0.39, 0.29) is 11.8 Å². The topological polar surface area (TPSA) is 102 Å². The number of Topliss-reactive ketones (excluding diaryl/α,β-unsaturated/α-hetero) is 1. The van der Waals surface area contributed by atoms with Crippen LogP contribution in [0.15, 0.2) is 30.6 Å². The van der Waals surface area contributed by atoms with Crippen LogP contribution in [0.3, 0.4) is 0 Å². The van der Waals surface area contributed by atoms with Crippen LogP contribution < -0.4 is 10.6 Å². The van der Waals surface area contributed by atoms with E-state index in [4.69, 9.17) is 0 Å². The quantitative estimate of drug-likeness (QED) is 0.781. The summed E-state index contributed by atoms with van der Waals surface area (Å²) in [5.41, 5.74) is 1.11. The molecule has 1 heterocycles. The van der Waals surface area contributed by atoms with Gasteiger partial charge in [0.1, 0.15) is 0 Å². The minimum absolute atomic E-state index is 0.0497. The molecular weight excluding hydrogens is 260 g/mol. The van der Waals surface area contributed by atoms with Crippen LogP contribution in [0.25, 0.3) is 0 Å². The largest absolute Gasteiger partial charge is 0.336 e. The van der Waals surface area contributed by atoms with Crippen LogP contribution in [-0.4, -0.2) is 38.6 Å². The predicted molar refractivity (Wildman–Crippen MR) is 71.3 cm³/mol. The summed E-state index contributed by atoms with van der Waals surface area (Å²) in [5.74, 6) is -0.0497. The van der Waals surface area contributed by atoms with Crippen LogP contribution in [0, 0.1) is 0 Å². The highest BCUT2D eigenvalue weighted by molar-refractivity contribution is 5.96. The standard InChI is InChI=1S/C12H14N6O2/c1-9(19)10-3-2-4-11(7-10)16-12(20)13-5-6-18-15-8-14-17-18/h2-4,7-8H,5-6H2,1H3,(H2,13,16,20). The van der Waals surface area contributed by atoms with Crippen molar-refractivity contribution in [3.63, 3.8) is 0 Å². The van der Waals surface area contributed by atoms with Crippen LogP contribution in [0.1, 0.15) is 17.3 Å². The van der Waals surface area contributed by atoms with Crippen LogP contribution in [0.5, 0.6) is 0 Å². The zero-order chi connectivity index (χ0) is 14.4. The molecule has 0 unspecified atom stereocenters. The Labute approximate surface area is 115 Å². The predicted octanol–water partition coefficient (Wildman–Crippen LogP) is 0.697. The van der Waals surface area contributed by atoms with E-state index in [0.29, 0.717) is 24.3 Å². The van der Waals surface area contributed by atoms with Crippen LogP contribution >= 0.6 is 0 Å². The second-order valence-corrected chi connectivity index (χ2v) is 4.05. The number of nitrogens with one attached hydrogen (secondary N) is 2. The molecule has 104 valence electrons. The van der Waals surface area contributed by atoms with Crippen LogP contribution in [-0.2, 0) is 6.54 Å². The summed E-state index contributed by atoms with van der Waals surface area (Å²) < 4.78 is 0. The van der Waals surface area contributed by atoms with E-state index in [9.17, 15) is 9.59 Å². The Kier molecular flexibility index (Phi) is 4.38. The fourth-order valence-electron chi connectivity index (χ4n) is 1.55. The minimum atomic E-state index is -0.356. The van der Waals surface area contributed by atoms with Gasteiger partial charge in [0.15, 0.2) is 12.1 Å². The first-order chi connectivity index (χ1) is 9.65. The number of rotatable bonds is 5. The molecule has 1 aromatic carbocycles. The van der Waals surface area contributed by atoms with Gasteiger partial charge in [-0.2, -0.15) is 4.80 Å². The normalized spacial score (nSPS) is 10.1. The summed E-state index contributed by atoms with van der Waals surface area (Å²) in [6.45, 7) is 2.28. The zero-order valence-corrected chi connectivity index (χ0v) is 10.9.